The lowest BCUT2D eigenvalue weighted by molar-refractivity contribution is -0.132. The van der Waals surface area contributed by atoms with Crippen LogP contribution in [-0.4, -0.2) is 54.3 Å². The summed E-state index contributed by atoms with van der Waals surface area (Å²) >= 11 is 0. The van der Waals surface area contributed by atoms with Crippen LogP contribution in [0.3, 0.4) is 0 Å². The molecular weight excluding hydrogens is 342 g/mol. The van der Waals surface area contributed by atoms with E-state index in [0.29, 0.717) is 51.3 Å². The summed E-state index contributed by atoms with van der Waals surface area (Å²) in [5.74, 6) is 0.771. The average molecular weight is 367 g/mol. The van der Waals surface area contributed by atoms with Gasteiger partial charge >= 0.3 is 0 Å². The van der Waals surface area contributed by atoms with Crippen molar-refractivity contribution in [1.82, 2.24) is 9.80 Å². The van der Waals surface area contributed by atoms with Gasteiger partial charge in [0.05, 0.1) is 0 Å². The van der Waals surface area contributed by atoms with E-state index in [2.05, 4.69) is 0 Å². The summed E-state index contributed by atoms with van der Waals surface area (Å²) in [6, 6.07) is 17.1. The van der Waals surface area contributed by atoms with Crippen LogP contribution < -0.4 is 10.5 Å². The zero-order valence-corrected chi connectivity index (χ0v) is 15.3. The van der Waals surface area contributed by atoms with Gasteiger partial charge in [-0.05, 0) is 29.8 Å². The fraction of sp³-hybridized carbons (Fsp3) is 0.333. The van der Waals surface area contributed by atoms with E-state index in [4.69, 9.17) is 10.5 Å². The van der Waals surface area contributed by atoms with Crippen LogP contribution in [0.25, 0.3) is 0 Å². The molecule has 0 spiro atoms. The molecule has 6 nitrogen and oxygen atoms in total. The standard InChI is InChI=1S/C21H25N3O3/c22-11-10-20(25)23-12-14-24(15-13-23)21(26)18-6-8-19(9-7-18)27-16-17-4-2-1-3-5-17/h1-9H,10-16,22H2. The third-order valence-corrected chi connectivity index (χ3v) is 4.63. The van der Waals surface area contributed by atoms with Gasteiger partial charge in [0.2, 0.25) is 5.91 Å². The van der Waals surface area contributed by atoms with Gasteiger partial charge < -0.3 is 20.3 Å². The maximum atomic E-state index is 12.7. The molecule has 2 aromatic carbocycles. The fourth-order valence-corrected chi connectivity index (χ4v) is 3.06. The van der Waals surface area contributed by atoms with Gasteiger partial charge in [0.25, 0.3) is 5.91 Å². The lowest BCUT2D eigenvalue weighted by atomic mass is 10.1. The summed E-state index contributed by atoms with van der Waals surface area (Å²) in [4.78, 5) is 28.1. The SMILES string of the molecule is NCCC(=O)N1CCN(C(=O)c2ccc(OCc3ccccc3)cc2)CC1. The van der Waals surface area contributed by atoms with Gasteiger partial charge in [0.1, 0.15) is 12.4 Å². The van der Waals surface area contributed by atoms with Gasteiger partial charge in [-0.3, -0.25) is 9.59 Å². The van der Waals surface area contributed by atoms with E-state index >= 15 is 0 Å². The minimum atomic E-state index is -0.0180. The van der Waals surface area contributed by atoms with Crippen molar-refractivity contribution in [2.45, 2.75) is 13.0 Å². The van der Waals surface area contributed by atoms with Crippen LogP contribution in [-0.2, 0) is 11.4 Å². The molecular formula is C21H25N3O3. The third-order valence-electron chi connectivity index (χ3n) is 4.63. The average Bonchev–Trinajstić information content (AvgIpc) is 2.73. The Morgan fingerprint density at radius 1 is 0.889 bits per heavy atom. The molecule has 1 saturated heterocycles. The van der Waals surface area contributed by atoms with E-state index < -0.39 is 0 Å². The Morgan fingerprint density at radius 2 is 1.52 bits per heavy atom. The van der Waals surface area contributed by atoms with E-state index in [9.17, 15) is 9.59 Å². The van der Waals surface area contributed by atoms with Crippen molar-refractivity contribution < 1.29 is 14.3 Å². The highest BCUT2D eigenvalue weighted by Crippen LogP contribution is 2.16. The Kier molecular flexibility index (Phi) is 6.44. The summed E-state index contributed by atoms with van der Waals surface area (Å²) in [5, 5.41) is 0. The number of amides is 2. The number of benzene rings is 2. The van der Waals surface area contributed by atoms with Crippen molar-refractivity contribution in [3.63, 3.8) is 0 Å². The van der Waals surface area contributed by atoms with Crippen LogP contribution in [0.1, 0.15) is 22.3 Å². The largest absolute Gasteiger partial charge is 0.489 e. The molecule has 6 heteroatoms. The van der Waals surface area contributed by atoms with Gasteiger partial charge in [0, 0.05) is 44.7 Å². The Bertz CT molecular complexity index is 754. The molecule has 0 aromatic heterocycles. The van der Waals surface area contributed by atoms with Crippen LogP contribution >= 0.6 is 0 Å². The first-order valence-corrected chi connectivity index (χ1v) is 9.21. The fourth-order valence-electron chi connectivity index (χ4n) is 3.06. The van der Waals surface area contributed by atoms with Gasteiger partial charge in [-0.15, -0.1) is 0 Å². The number of nitrogens with zero attached hydrogens (tertiary/aromatic N) is 2. The van der Waals surface area contributed by atoms with E-state index in [-0.39, 0.29) is 11.8 Å². The molecule has 0 radical (unpaired) electrons. The van der Waals surface area contributed by atoms with Gasteiger partial charge in [-0.25, -0.2) is 0 Å². The first-order valence-electron chi connectivity index (χ1n) is 9.21. The zero-order chi connectivity index (χ0) is 19.1. The zero-order valence-electron chi connectivity index (χ0n) is 15.3. The Balaban J connectivity index is 1.51. The molecule has 3 rings (SSSR count). The smallest absolute Gasteiger partial charge is 0.253 e. The highest BCUT2D eigenvalue weighted by Gasteiger charge is 2.24. The molecule has 2 aromatic rings. The van der Waals surface area contributed by atoms with Crippen molar-refractivity contribution in [2.24, 2.45) is 5.73 Å². The van der Waals surface area contributed by atoms with Crippen LogP contribution in [0.4, 0.5) is 0 Å². The topological polar surface area (TPSA) is 75.9 Å². The first-order chi connectivity index (χ1) is 13.2. The van der Waals surface area contributed by atoms with Crippen molar-refractivity contribution in [3.05, 3.63) is 65.7 Å². The molecule has 0 unspecified atom stereocenters. The van der Waals surface area contributed by atoms with Crippen molar-refractivity contribution in [1.29, 1.82) is 0 Å². The number of piperazine rings is 1. The minimum Gasteiger partial charge on any atom is -0.489 e. The molecule has 1 fully saturated rings. The number of hydrogen-bond donors (Lipinski definition) is 1. The number of hydrogen-bond acceptors (Lipinski definition) is 4. The lowest BCUT2D eigenvalue weighted by Crippen LogP contribution is -2.50. The summed E-state index contributed by atoms with van der Waals surface area (Å²) in [6.45, 7) is 3.05. The third kappa shape index (κ3) is 5.08. The van der Waals surface area contributed by atoms with E-state index in [0.717, 1.165) is 11.3 Å². The van der Waals surface area contributed by atoms with Crippen LogP contribution in [0.15, 0.2) is 54.6 Å². The Hall–Kier alpha value is -2.86. The van der Waals surface area contributed by atoms with Gasteiger partial charge in [-0.2, -0.15) is 0 Å². The second-order valence-electron chi connectivity index (χ2n) is 6.51. The monoisotopic (exact) mass is 367 g/mol. The van der Waals surface area contributed by atoms with Crippen LogP contribution in [0.2, 0.25) is 0 Å². The van der Waals surface area contributed by atoms with Crippen molar-refractivity contribution in [3.8, 4) is 5.75 Å². The van der Waals surface area contributed by atoms with Gasteiger partial charge in [0.15, 0.2) is 0 Å². The molecule has 142 valence electrons. The molecule has 0 atom stereocenters. The van der Waals surface area contributed by atoms with Crippen molar-refractivity contribution >= 4 is 11.8 Å². The molecule has 1 heterocycles. The predicted octanol–water partition coefficient (Wildman–Crippen LogP) is 1.90. The van der Waals surface area contributed by atoms with Gasteiger partial charge in [-0.1, -0.05) is 30.3 Å². The highest BCUT2D eigenvalue weighted by atomic mass is 16.5. The van der Waals surface area contributed by atoms with Crippen LogP contribution in [0.5, 0.6) is 5.75 Å². The number of nitrogens with two attached hydrogens (primary N) is 1. The molecule has 27 heavy (non-hydrogen) atoms. The van der Waals surface area contributed by atoms with Crippen molar-refractivity contribution in [2.75, 3.05) is 32.7 Å². The summed E-state index contributed by atoms with van der Waals surface area (Å²) in [6.07, 6.45) is 0.360. The van der Waals surface area contributed by atoms with Crippen LogP contribution in [0, 0.1) is 0 Å². The minimum absolute atomic E-state index is 0.0180. The molecule has 0 saturated carbocycles. The summed E-state index contributed by atoms with van der Waals surface area (Å²) < 4.78 is 5.76. The summed E-state index contributed by atoms with van der Waals surface area (Å²) in [5.41, 5.74) is 7.16. The van der Waals surface area contributed by atoms with E-state index in [1.807, 2.05) is 42.5 Å². The number of ether oxygens (including phenoxy) is 1. The maximum Gasteiger partial charge on any atom is 0.253 e. The van der Waals surface area contributed by atoms with E-state index in [1.54, 1.807) is 21.9 Å². The second-order valence-corrected chi connectivity index (χ2v) is 6.51. The quantitative estimate of drug-likeness (QED) is 0.846. The molecule has 2 amide bonds. The van der Waals surface area contributed by atoms with E-state index in [1.165, 1.54) is 0 Å². The molecule has 0 bridgehead atoms. The number of carbonyl (C=O) groups is 2. The normalized spacial score (nSPS) is 14.1. The summed E-state index contributed by atoms with van der Waals surface area (Å²) in [7, 11) is 0. The maximum absolute atomic E-state index is 12.7. The molecule has 2 N–H and O–H groups in total. The number of rotatable bonds is 6. The highest BCUT2D eigenvalue weighted by molar-refractivity contribution is 5.94. The molecule has 1 aliphatic heterocycles. The number of carbonyl (C=O) groups excluding carboxylic acids is 2. The predicted molar refractivity (Wildman–Crippen MR) is 103 cm³/mol. The molecule has 0 aliphatic carbocycles. The first kappa shape index (κ1) is 18.9. The lowest BCUT2D eigenvalue weighted by Gasteiger charge is -2.34. The Labute approximate surface area is 159 Å². The molecule has 1 aliphatic rings. The second kappa shape index (κ2) is 9.19. The Morgan fingerprint density at radius 3 is 2.15 bits per heavy atom.